The third-order valence-corrected chi connectivity index (χ3v) is 7.76. The highest BCUT2D eigenvalue weighted by Gasteiger charge is 2.48. The van der Waals surface area contributed by atoms with Crippen LogP contribution in [0.5, 0.6) is 17.2 Å². The fourth-order valence-electron chi connectivity index (χ4n) is 4.67. The standard InChI is InChI=1S/C31H26N2O7S/c1-17-15-20(13-14-23(17)38-3)26(34)24-25(19-9-8-12-22(16-19)40-21-10-6-5-7-11-21)33(29(36)27(24)35)31-32-18(2)28(41-31)30(37)39-4/h5-16,25,34H,1-4H3/b26-24+/t25-/m1/s1. The fourth-order valence-corrected chi connectivity index (χ4v) is 5.68. The van der Waals surface area contributed by atoms with Gasteiger partial charge in [0.05, 0.1) is 31.5 Å². The molecule has 2 heterocycles. The predicted molar refractivity (Wildman–Crippen MR) is 154 cm³/mol. The highest BCUT2D eigenvalue weighted by atomic mass is 32.1. The third-order valence-electron chi connectivity index (χ3n) is 6.63. The monoisotopic (exact) mass is 570 g/mol. The average molecular weight is 571 g/mol. The number of carbonyl (C=O) groups is 3. The maximum Gasteiger partial charge on any atom is 0.350 e. The molecule has 0 radical (unpaired) electrons. The second-order valence-corrected chi connectivity index (χ2v) is 10.2. The molecule has 1 aliphatic rings. The van der Waals surface area contributed by atoms with E-state index in [2.05, 4.69) is 4.98 Å². The average Bonchev–Trinajstić information content (AvgIpc) is 3.49. The van der Waals surface area contributed by atoms with Crippen molar-refractivity contribution in [3.63, 3.8) is 0 Å². The van der Waals surface area contributed by atoms with Crippen LogP contribution in [0.3, 0.4) is 0 Å². The molecule has 1 fully saturated rings. The van der Waals surface area contributed by atoms with Crippen molar-refractivity contribution in [3.05, 3.63) is 106 Å². The number of methoxy groups -OCH3 is 2. The van der Waals surface area contributed by atoms with Gasteiger partial charge in [0.15, 0.2) is 5.13 Å². The van der Waals surface area contributed by atoms with Crippen LogP contribution in [0.25, 0.3) is 5.76 Å². The number of nitrogens with zero attached hydrogens (tertiary/aromatic N) is 2. The van der Waals surface area contributed by atoms with Crippen molar-refractivity contribution in [1.29, 1.82) is 0 Å². The van der Waals surface area contributed by atoms with Crippen LogP contribution in [0.2, 0.25) is 0 Å². The summed E-state index contributed by atoms with van der Waals surface area (Å²) in [6.45, 7) is 3.43. The smallest absolute Gasteiger partial charge is 0.350 e. The number of benzene rings is 3. The number of ether oxygens (including phenoxy) is 3. The molecule has 41 heavy (non-hydrogen) atoms. The number of rotatable bonds is 7. The number of aliphatic hydroxyl groups is 1. The van der Waals surface area contributed by atoms with Gasteiger partial charge in [-0.15, -0.1) is 0 Å². The number of Topliss-reactive ketones (excluding diaryl/α,β-unsaturated/α-hetero) is 1. The van der Waals surface area contributed by atoms with Crippen LogP contribution in [0.15, 0.2) is 78.4 Å². The predicted octanol–water partition coefficient (Wildman–Crippen LogP) is 5.97. The van der Waals surface area contributed by atoms with Crippen molar-refractivity contribution in [3.8, 4) is 17.2 Å². The van der Waals surface area contributed by atoms with Gasteiger partial charge in [0.2, 0.25) is 0 Å². The second-order valence-electron chi connectivity index (χ2n) is 9.24. The van der Waals surface area contributed by atoms with Crippen molar-refractivity contribution in [2.24, 2.45) is 0 Å². The molecule has 1 aromatic heterocycles. The van der Waals surface area contributed by atoms with Crippen LogP contribution in [-0.4, -0.2) is 42.0 Å². The number of aromatic nitrogens is 1. The van der Waals surface area contributed by atoms with Crippen LogP contribution >= 0.6 is 11.3 Å². The molecule has 0 saturated carbocycles. The van der Waals surface area contributed by atoms with E-state index in [1.165, 1.54) is 19.1 Å². The summed E-state index contributed by atoms with van der Waals surface area (Å²) >= 11 is 0.933. The number of hydrogen-bond acceptors (Lipinski definition) is 9. The molecular weight excluding hydrogens is 544 g/mol. The molecule has 1 atom stereocenters. The minimum Gasteiger partial charge on any atom is -0.507 e. The first kappa shape index (κ1) is 27.6. The summed E-state index contributed by atoms with van der Waals surface area (Å²) in [6.07, 6.45) is 0. The van der Waals surface area contributed by atoms with Gasteiger partial charge in [-0.3, -0.25) is 14.5 Å². The van der Waals surface area contributed by atoms with Crippen molar-refractivity contribution in [2.45, 2.75) is 19.9 Å². The fraction of sp³-hybridized carbons (Fsp3) is 0.161. The van der Waals surface area contributed by atoms with Gasteiger partial charge in [0.25, 0.3) is 5.78 Å². The Bertz CT molecular complexity index is 1690. The Labute approximate surface area is 240 Å². The quantitative estimate of drug-likeness (QED) is 0.125. The topological polar surface area (TPSA) is 115 Å². The van der Waals surface area contributed by atoms with E-state index in [-0.39, 0.29) is 21.3 Å². The van der Waals surface area contributed by atoms with Gasteiger partial charge in [-0.25, -0.2) is 9.78 Å². The van der Waals surface area contributed by atoms with E-state index in [0.717, 1.165) is 16.9 Å². The largest absolute Gasteiger partial charge is 0.507 e. The van der Waals surface area contributed by atoms with Gasteiger partial charge < -0.3 is 19.3 Å². The molecule has 1 aliphatic heterocycles. The van der Waals surface area contributed by atoms with Crippen LogP contribution < -0.4 is 14.4 Å². The molecule has 0 unspecified atom stereocenters. The minimum atomic E-state index is -1.06. The zero-order valence-electron chi connectivity index (χ0n) is 22.7. The Morgan fingerprint density at radius 1 is 0.951 bits per heavy atom. The zero-order valence-corrected chi connectivity index (χ0v) is 23.5. The first-order valence-electron chi connectivity index (χ1n) is 12.6. The molecule has 1 N–H and O–H groups in total. The van der Waals surface area contributed by atoms with E-state index >= 15 is 0 Å². The first-order valence-corrected chi connectivity index (χ1v) is 13.4. The lowest BCUT2D eigenvalue weighted by Gasteiger charge is -2.23. The lowest BCUT2D eigenvalue weighted by Crippen LogP contribution is -2.29. The molecule has 5 rings (SSSR count). The van der Waals surface area contributed by atoms with Crippen molar-refractivity contribution in [1.82, 2.24) is 4.98 Å². The molecule has 0 spiro atoms. The van der Waals surface area contributed by atoms with Crippen LogP contribution in [0, 0.1) is 13.8 Å². The number of aryl methyl sites for hydroxylation is 2. The molecule has 208 valence electrons. The number of para-hydroxylation sites is 1. The summed E-state index contributed by atoms with van der Waals surface area (Å²) in [5.41, 5.74) is 1.80. The second kappa shape index (κ2) is 11.3. The molecular formula is C31H26N2O7S. The Kier molecular flexibility index (Phi) is 7.58. The highest BCUT2D eigenvalue weighted by Crippen LogP contribution is 2.45. The number of ketones is 1. The Morgan fingerprint density at radius 3 is 2.37 bits per heavy atom. The number of aliphatic hydroxyl groups excluding tert-OH is 1. The van der Waals surface area contributed by atoms with Gasteiger partial charge in [-0.1, -0.05) is 41.7 Å². The number of amides is 1. The van der Waals surface area contributed by atoms with Gasteiger partial charge in [0.1, 0.15) is 27.9 Å². The Morgan fingerprint density at radius 2 is 1.68 bits per heavy atom. The minimum absolute atomic E-state index is 0.120. The Balaban J connectivity index is 1.68. The van der Waals surface area contributed by atoms with Gasteiger partial charge in [-0.2, -0.15) is 0 Å². The van der Waals surface area contributed by atoms with Crippen molar-refractivity contribution >= 4 is 39.9 Å². The van der Waals surface area contributed by atoms with E-state index in [4.69, 9.17) is 14.2 Å². The molecule has 1 amide bonds. The summed E-state index contributed by atoms with van der Waals surface area (Å²) in [4.78, 5) is 45.3. The summed E-state index contributed by atoms with van der Waals surface area (Å²) in [5.74, 6) is -1.05. The van der Waals surface area contributed by atoms with E-state index in [1.807, 2.05) is 25.1 Å². The Hall–Kier alpha value is -4.96. The van der Waals surface area contributed by atoms with E-state index < -0.39 is 23.7 Å². The SMILES string of the molecule is COC(=O)c1sc(N2C(=O)C(=O)/C(=C(/O)c3ccc(OC)c(C)c3)[C@H]2c2cccc(Oc3ccccc3)c2)nc1C. The number of esters is 1. The van der Waals surface area contributed by atoms with Crippen LogP contribution in [0.1, 0.15) is 38.1 Å². The van der Waals surface area contributed by atoms with Gasteiger partial charge in [-0.05, 0) is 67.4 Å². The van der Waals surface area contributed by atoms with Gasteiger partial charge in [0, 0.05) is 5.56 Å². The number of thiazole rings is 1. The number of anilines is 1. The molecule has 0 bridgehead atoms. The molecule has 10 heteroatoms. The van der Waals surface area contributed by atoms with Gasteiger partial charge >= 0.3 is 11.9 Å². The summed E-state index contributed by atoms with van der Waals surface area (Å²) in [7, 11) is 2.79. The van der Waals surface area contributed by atoms with Crippen LogP contribution in [-0.2, 0) is 14.3 Å². The third kappa shape index (κ3) is 5.17. The summed E-state index contributed by atoms with van der Waals surface area (Å²) in [6, 6.07) is 20.0. The molecule has 0 aliphatic carbocycles. The zero-order chi connectivity index (χ0) is 29.3. The molecule has 3 aromatic carbocycles. The van der Waals surface area contributed by atoms with Crippen molar-refractivity contribution < 1.29 is 33.7 Å². The van der Waals surface area contributed by atoms with E-state index in [9.17, 15) is 19.5 Å². The van der Waals surface area contributed by atoms with E-state index in [1.54, 1.807) is 61.5 Å². The maximum absolute atomic E-state index is 13.6. The number of carbonyl (C=O) groups excluding carboxylic acids is 3. The molecule has 4 aromatic rings. The molecule has 1 saturated heterocycles. The number of hydrogen-bond donors (Lipinski definition) is 1. The summed E-state index contributed by atoms with van der Waals surface area (Å²) in [5, 5.41) is 11.6. The van der Waals surface area contributed by atoms with Crippen molar-refractivity contribution in [2.75, 3.05) is 19.1 Å². The highest BCUT2D eigenvalue weighted by molar-refractivity contribution is 7.17. The normalized spacial score (nSPS) is 16.1. The molecule has 9 nitrogen and oxygen atoms in total. The van der Waals surface area contributed by atoms with E-state index in [0.29, 0.717) is 34.1 Å². The maximum atomic E-state index is 13.6. The lowest BCUT2D eigenvalue weighted by molar-refractivity contribution is -0.132. The summed E-state index contributed by atoms with van der Waals surface area (Å²) < 4.78 is 16.2. The van der Waals surface area contributed by atoms with Crippen LogP contribution in [0.4, 0.5) is 5.13 Å². The lowest BCUT2D eigenvalue weighted by atomic mass is 9.94. The first-order chi connectivity index (χ1) is 19.7.